The molecule has 3 nitrogen and oxygen atoms in total. The molecule has 1 unspecified atom stereocenters. The largest absolute Gasteiger partial charge is 0.491 e. The third kappa shape index (κ3) is 5.65. The Morgan fingerprint density at radius 2 is 2.10 bits per heavy atom. The Labute approximate surface area is 150 Å². The molecule has 0 aliphatic heterocycles. The molecule has 112 valence electrons. The van der Waals surface area contributed by atoms with E-state index < -0.39 is 6.10 Å². The number of ether oxygens (including phenoxy) is 1. The summed E-state index contributed by atoms with van der Waals surface area (Å²) in [6, 6.07) is 13.2. The third-order valence-electron chi connectivity index (χ3n) is 2.70. The van der Waals surface area contributed by atoms with Crippen LogP contribution in [0.15, 0.2) is 46.9 Å². The molecule has 2 rings (SSSR count). The van der Waals surface area contributed by atoms with Gasteiger partial charge >= 0.3 is 0 Å². The molecule has 2 N–H and O–H groups in total. The molecule has 6 heteroatoms. The lowest BCUT2D eigenvalue weighted by atomic mass is 10.3. The third-order valence-corrected chi connectivity index (χ3v) is 4.17. The number of hydrogen-bond acceptors (Lipinski definition) is 3. The van der Waals surface area contributed by atoms with Crippen molar-refractivity contribution in [2.75, 3.05) is 18.5 Å². The lowest BCUT2D eigenvalue weighted by Gasteiger charge is -2.15. The minimum absolute atomic E-state index is 0.214. The standard InChI is InChI=1S/C15H14BrClINO2/c16-10-2-1-3-13(6-10)21-9-12(20)8-19-15-5-4-11(18)7-14(15)17/h1-7,12,19-20H,8-9H2. The molecule has 0 radical (unpaired) electrons. The first kappa shape index (κ1) is 16.9. The Hall–Kier alpha value is -0.500. The summed E-state index contributed by atoms with van der Waals surface area (Å²) in [4.78, 5) is 0. The van der Waals surface area contributed by atoms with Crippen LogP contribution in [0.5, 0.6) is 5.75 Å². The van der Waals surface area contributed by atoms with Gasteiger partial charge in [-0.3, -0.25) is 0 Å². The zero-order valence-electron chi connectivity index (χ0n) is 11.0. The van der Waals surface area contributed by atoms with Crippen LogP contribution in [0, 0.1) is 3.57 Å². The number of halogens is 3. The van der Waals surface area contributed by atoms with Gasteiger partial charge in [0.1, 0.15) is 18.5 Å². The van der Waals surface area contributed by atoms with Crippen LogP contribution in [0.25, 0.3) is 0 Å². The number of hydrogen-bond donors (Lipinski definition) is 2. The highest BCUT2D eigenvalue weighted by Crippen LogP contribution is 2.23. The molecule has 0 spiro atoms. The average molecular weight is 483 g/mol. The Kier molecular flexibility index (Phi) is 6.60. The van der Waals surface area contributed by atoms with E-state index in [0.29, 0.717) is 11.6 Å². The van der Waals surface area contributed by atoms with Crippen molar-refractivity contribution in [2.24, 2.45) is 0 Å². The van der Waals surface area contributed by atoms with Crippen LogP contribution < -0.4 is 10.1 Å². The first-order valence-electron chi connectivity index (χ1n) is 6.30. The van der Waals surface area contributed by atoms with Crippen molar-refractivity contribution in [3.63, 3.8) is 0 Å². The maximum absolute atomic E-state index is 9.94. The van der Waals surface area contributed by atoms with Gasteiger partial charge in [0.15, 0.2) is 0 Å². The van der Waals surface area contributed by atoms with Crippen LogP contribution in [-0.2, 0) is 0 Å². The molecule has 0 saturated heterocycles. The second-order valence-corrected chi connectivity index (χ2v) is 7.00. The Bertz CT molecular complexity index is 612. The van der Waals surface area contributed by atoms with Crippen LogP contribution >= 0.6 is 50.1 Å². The van der Waals surface area contributed by atoms with Crippen LogP contribution in [0.3, 0.4) is 0 Å². The molecule has 0 aliphatic rings. The highest BCUT2D eigenvalue weighted by molar-refractivity contribution is 14.1. The molecule has 0 aromatic heterocycles. The first-order valence-corrected chi connectivity index (χ1v) is 8.55. The molecule has 0 fully saturated rings. The second kappa shape index (κ2) is 8.22. The van der Waals surface area contributed by atoms with Crippen molar-refractivity contribution < 1.29 is 9.84 Å². The lowest BCUT2D eigenvalue weighted by molar-refractivity contribution is 0.117. The van der Waals surface area contributed by atoms with Gasteiger partial charge in [0.25, 0.3) is 0 Å². The van der Waals surface area contributed by atoms with Crippen molar-refractivity contribution in [1.82, 2.24) is 0 Å². The van der Waals surface area contributed by atoms with E-state index in [0.717, 1.165) is 19.5 Å². The van der Waals surface area contributed by atoms with Gasteiger partial charge in [-0.1, -0.05) is 33.6 Å². The smallest absolute Gasteiger partial charge is 0.120 e. The minimum atomic E-state index is -0.626. The molecule has 0 amide bonds. The van der Waals surface area contributed by atoms with Crippen molar-refractivity contribution in [3.05, 3.63) is 55.5 Å². The van der Waals surface area contributed by atoms with Crippen LogP contribution in [-0.4, -0.2) is 24.4 Å². The van der Waals surface area contributed by atoms with Crippen LogP contribution in [0.4, 0.5) is 5.69 Å². The first-order chi connectivity index (χ1) is 10.0. The number of rotatable bonds is 6. The van der Waals surface area contributed by atoms with Crippen molar-refractivity contribution in [2.45, 2.75) is 6.10 Å². The normalized spacial score (nSPS) is 12.0. The number of anilines is 1. The van der Waals surface area contributed by atoms with Gasteiger partial charge < -0.3 is 15.2 Å². The van der Waals surface area contributed by atoms with E-state index in [9.17, 15) is 5.11 Å². The van der Waals surface area contributed by atoms with E-state index in [1.165, 1.54) is 0 Å². The van der Waals surface area contributed by atoms with Crippen molar-refractivity contribution >= 4 is 55.8 Å². The summed E-state index contributed by atoms with van der Waals surface area (Å²) in [5.74, 6) is 0.718. The Balaban J connectivity index is 1.80. The fourth-order valence-electron chi connectivity index (χ4n) is 1.67. The molecule has 1 atom stereocenters. The monoisotopic (exact) mass is 481 g/mol. The van der Waals surface area contributed by atoms with E-state index in [4.69, 9.17) is 16.3 Å². The summed E-state index contributed by atoms with van der Waals surface area (Å²) in [5, 5.41) is 13.7. The number of nitrogens with one attached hydrogen (secondary N) is 1. The van der Waals surface area contributed by atoms with Gasteiger partial charge in [0.05, 0.1) is 10.7 Å². The van der Waals surface area contributed by atoms with Crippen LogP contribution in [0.1, 0.15) is 0 Å². The molecular weight excluding hydrogens is 468 g/mol. The summed E-state index contributed by atoms with van der Waals surface area (Å²) in [6.45, 7) is 0.583. The van der Waals surface area contributed by atoms with Gasteiger partial charge in [-0.05, 0) is 59.0 Å². The van der Waals surface area contributed by atoms with Gasteiger partial charge in [0.2, 0.25) is 0 Å². The Morgan fingerprint density at radius 3 is 2.81 bits per heavy atom. The van der Waals surface area contributed by atoms with Crippen LogP contribution in [0.2, 0.25) is 5.02 Å². The molecule has 0 saturated carbocycles. The number of benzene rings is 2. The van der Waals surface area contributed by atoms with Gasteiger partial charge in [-0.25, -0.2) is 0 Å². The predicted octanol–water partition coefficient (Wildman–Crippen LogP) is 4.56. The number of aliphatic hydroxyl groups is 1. The zero-order chi connectivity index (χ0) is 15.2. The average Bonchev–Trinajstić information content (AvgIpc) is 2.44. The molecular formula is C15H14BrClINO2. The zero-order valence-corrected chi connectivity index (χ0v) is 15.5. The fourth-order valence-corrected chi connectivity index (χ4v) is 2.97. The molecule has 2 aromatic rings. The highest BCUT2D eigenvalue weighted by atomic mass is 127. The maximum atomic E-state index is 9.94. The highest BCUT2D eigenvalue weighted by Gasteiger charge is 2.07. The summed E-state index contributed by atoms with van der Waals surface area (Å²) in [5.41, 5.74) is 0.804. The SMILES string of the molecule is OC(CNc1ccc(I)cc1Cl)COc1cccc(Br)c1. The Morgan fingerprint density at radius 1 is 1.29 bits per heavy atom. The number of aliphatic hydroxyl groups excluding tert-OH is 1. The van der Waals surface area contributed by atoms with E-state index >= 15 is 0 Å². The van der Waals surface area contributed by atoms with Gasteiger partial charge in [0, 0.05) is 14.6 Å². The van der Waals surface area contributed by atoms with Gasteiger partial charge in [-0.15, -0.1) is 0 Å². The van der Waals surface area contributed by atoms with Crippen molar-refractivity contribution in [1.29, 1.82) is 0 Å². The van der Waals surface area contributed by atoms with Gasteiger partial charge in [-0.2, -0.15) is 0 Å². The van der Waals surface area contributed by atoms with E-state index in [2.05, 4.69) is 43.8 Å². The fraction of sp³-hybridized carbons (Fsp3) is 0.200. The molecule has 0 aliphatic carbocycles. The second-order valence-electron chi connectivity index (χ2n) is 4.43. The van der Waals surface area contributed by atoms with E-state index in [1.807, 2.05) is 42.5 Å². The summed E-state index contributed by atoms with van der Waals surface area (Å²) >= 11 is 11.7. The van der Waals surface area contributed by atoms with E-state index in [-0.39, 0.29) is 6.61 Å². The summed E-state index contributed by atoms with van der Waals surface area (Å²) < 4.78 is 7.55. The minimum Gasteiger partial charge on any atom is -0.491 e. The quantitative estimate of drug-likeness (QED) is 0.594. The topological polar surface area (TPSA) is 41.5 Å². The lowest BCUT2D eigenvalue weighted by Crippen LogP contribution is -2.26. The van der Waals surface area contributed by atoms with Crippen molar-refractivity contribution in [3.8, 4) is 5.75 Å². The molecule has 0 heterocycles. The summed E-state index contributed by atoms with van der Waals surface area (Å²) in [6.07, 6.45) is -0.626. The summed E-state index contributed by atoms with van der Waals surface area (Å²) in [7, 11) is 0. The van der Waals surface area contributed by atoms with E-state index in [1.54, 1.807) is 0 Å². The molecule has 21 heavy (non-hydrogen) atoms. The predicted molar refractivity (Wildman–Crippen MR) is 98.3 cm³/mol. The molecule has 0 bridgehead atoms. The molecule has 2 aromatic carbocycles. The maximum Gasteiger partial charge on any atom is 0.120 e.